The van der Waals surface area contributed by atoms with Gasteiger partial charge in [-0.25, -0.2) is 4.79 Å². The van der Waals surface area contributed by atoms with Crippen molar-refractivity contribution in [1.82, 2.24) is 10.2 Å². The summed E-state index contributed by atoms with van der Waals surface area (Å²) in [6.45, 7) is 12.0. The Hall–Kier alpha value is -1.28. The number of alkyl carbamates (subject to hydrolysis) is 1. The van der Waals surface area contributed by atoms with Crippen LogP contribution in [-0.2, 0) is 18.8 Å². The lowest BCUT2D eigenvalue weighted by Gasteiger charge is -2.64. The van der Waals surface area contributed by atoms with Crippen LogP contribution in [-0.4, -0.2) is 61.4 Å². The predicted octanol–water partition coefficient (Wildman–Crippen LogP) is 2.24. The fraction of sp³-hybridized carbons (Fsp3) is 0.895. The number of hydrogen-bond acceptors (Lipinski definition) is 5. The maximum absolute atomic E-state index is 12.3. The van der Waals surface area contributed by atoms with E-state index in [2.05, 4.69) is 26.1 Å². The van der Waals surface area contributed by atoms with Crippen molar-refractivity contribution in [1.29, 1.82) is 0 Å². The van der Waals surface area contributed by atoms with Gasteiger partial charge in [0.25, 0.3) is 0 Å². The number of ether oxygens (including phenoxy) is 1. The second kappa shape index (κ2) is 6.66. The first-order chi connectivity index (χ1) is 12.3. The zero-order valence-electron chi connectivity index (χ0n) is 17.6. The first-order valence-electron chi connectivity index (χ1n) is 9.87. The SMILES string of the molecule is CN(CB1OC2CC3CC(C3(C)C)[C@]2(C)O1)C(=O)CNC(=O)OC(C)(C)C. The van der Waals surface area contributed by atoms with Crippen molar-refractivity contribution >= 4 is 19.1 Å². The number of rotatable bonds is 4. The molecule has 0 aromatic rings. The molecule has 3 unspecified atom stereocenters. The van der Waals surface area contributed by atoms with E-state index in [1.54, 1.807) is 27.8 Å². The zero-order chi connectivity index (χ0) is 20.2. The number of likely N-dealkylation sites (N-methyl/N-ethyl adjacent to an activating group) is 1. The van der Waals surface area contributed by atoms with Gasteiger partial charge in [0.2, 0.25) is 5.91 Å². The number of nitrogens with zero attached hydrogens (tertiary/aromatic N) is 1. The minimum Gasteiger partial charge on any atom is -0.444 e. The van der Waals surface area contributed by atoms with Gasteiger partial charge in [0, 0.05) is 7.05 Å². The lowest BCUT2D eigenvalue weighted by molar-refractivity contribution is -0.199. The van der Waals surface area contributed by atoms with Gasteiger partial charge in [-0.05, 0) is 57.8 Å². The van der Waals surface area contributed by atoms with Crippen LogP contribution in [0.5, 0.6) is 0 Å². The summed E-state index contributed by atoms with van der Waals surface area (Å²) in [4.78, 5) is 25.5. The van der Waals surface area contributed by atoms with Gasteiger partial charge in [-0.15, -0.1) is 0 Å². The largest absolute Gasteiger partial charge is 0.478 e. The lowest BCUT2D eigenvalue weighted by atomic mass is 9.43. The first-order valence-corrected chi connectivity index (χ1v) is 9.87. The van der Waals surface area contributed by atoms with Gasteiger partial charge in [0.05, 0.1) is 18.1 Å². The average molecular weight is 380 g/mol. The highest BCUT2D eigenvalue weighted by Gasteiger charge is 2.67. The van der Waals surface area contributed by atoms with Gasteiger partial charge in [-0.2, -0.15) is 0 Å². The smallest absolute Gasteiger partial charge is 0.444 e. The fourth-order valence-corrected chi connectivity index (χ4v) is 4.95. The molecule has 2 bridgehead atoms. The molecule has 1 saturated heterocycles. The molecule has 0 aromatic heterocycles. The summed E-state index contributed by atoms with van der Waals surface area (Å²) in [7, 11) is 1.27. The van der Waals surface area contributed by atoms with Gasteiger partial charge in [-0.3, -0.25) is 4.79 Å². The lowest BCUT2D eigenvalue weighted by Crippen LogP contribution is -2.65. The second-order valence-electron chi connectivity index (χ2n) is 10.0. The van der Waals surface area contributed by atoms with Crippen molar-refractivity contribution in [2.45, 2.75) is 71.7 Å². The van der Waals surface area contributed by atoms with E-state index in [-0.39, 0.29) is 24.2 Å². The molecule has 8 heteroatoms. The Balaban J connectivity index is 1.49. The molecule has 1 aliphatic heterocycles. The van der Waals surface area contributed by atoms with Crippen molar-refractivity contribution in [3.8, 4) is 0 Å². The van der Waals surface area contributed by atoms with Gasteiger partial charge >= 0.3 is 13.2 Å². The van der Waals surface area contributed by atoms with Crippen LogP contribution in [0.1, 0.15) is 54.4 Å². The number of hydrogen-bond donors (Lipinski definition) is 1. The van der Waals surface area contributed by atoms with E-state index < -0.39 is 18.8 Å². The second-order valence-corrected chi connectivity index (χ2v) is 10.0. The summed E-state index contributed by atoms with van der Waals surface area (Å²) < 4.78 is 17.6. The molecule has 1 heterocycles. The fourth-order valence-electron chi connectivity index (χ4n) is 4.95. The molecule has 7 nitrogen and oxygen atoms in total. The highest BCUT2D eigenvalue weighted by Crippen LogP contribution is 2.65. The molecule has 4 atom stereocenters. The van der Waals surface area contributed by atoms with E-state index in [1.807, 2.05) is 0 Å². The van der Waals surface area contributed by atoms with E-state index in [1.165, 1.54) is 11.3 Å². The number of carbonyl (C=O) groups is 2. The van der Waals surface area contributed by atoms with Gasteiger partial charge in [0.15, 0.2) is 0 Å². The molecule has 152 valence electrons. The minimum absolute atomic E-state index is 0.0997. The van der Waals surface area contributed by atoms with E-state index >= 15 is 0 Å². The summed E-state index contributed by atoms with van der Waals surface area (Å²) in [6, 6.07) is 0. The number of nitrogens with one attached hydrogen (secondary N) is 1. The van der Waals surface area contributed by atoms with Crippen LogP contribution >= 0.6 is 0 Å². The highest BCUT2D eigenvalue weighted by atomic mass is 16.7. The van der Waals surface area contributed by atoms with Crippen molar-refractivity contribution < 1.29 is 23.6 Å². The Bertz CT molecular complexity index is 620. The molecule has 4 rings (SSSR count). The molecule has 0 spiro atoms. The van der Waals surface area contributed by atoms with Crippen molar-refractivity contribution in [3.63, 3.8) is 0 Å². The maximum atomic E-state index is 12.3. The third-order valence-electron chi connectivity index (χ3n) is 6.63. The summed E-state index contributed by atoms with van der Waals surface area (Å²) in [6.07, 6.45) is 2.07. The molecule has 0 radical (unpaired) electrons. The van der Waals surface area contributed by atoms with Crippen LogP contribution in [0.2, 0.25) is 0 Å². The molecule has 4 fully saturated rings. The average Bonchev–Trinajstić information content (AvgIpc) is 2.85. The monoisotopic (exact) mass is 380 g/mol. The van der Waals surface area contributed by atoms with Crippen LogP contribution < -0.4 is 5.32 Å². The van der Waals surface area contributed by atoms with Crippen molar-refractivity contribution in [3.05, 3.63) is 0 Å². The van der Waals surface area contributed by atoms with E-state index in [9.17, 15) is 9.59 Å². The molecule has 4 aliphatic rings. The Morgan fingerprint density at radius 2 is 1.93 bits per heavy atom. The Kier molecular flexibility index (Phi) is 5.04. The molecule has 0 aromatic carbocycles. The number of amides is 2. The molecule has 27 heavy (non-hydrogen) atoms. The summed E-state index contributed by atoms with van der Waals surface area (Å²) in [5, 5.41) is 2.49. The Morgan fingerprint density at radius 3 is 2.52 bits per heavy atom. The molecular formula is C19H33BN2O5. The van der Waals surface area contributed by atoms with Gasteiger partial charge in [0.1, 0.15) is 12.1 Å². The van der Waals surface area contributed by atoms with Gasteiger partial charge < -0.3 is 24.3 Å². The molecular weight excluding hydrogens is 347 g/mol. The summed E-state index contributed by atoms with van der Waals surface area (Å²) in [5.41, 5.74) is -0.575. The third-order valence-corrected chi connectivity index (χ3v) is 6.63. The van der Waals surface area contributed by atoms with Crippen molar-refractivity contribution in [2.24, 2.45) is 17.3 Å². The summed E-state index contributed by atoms with van der Waals surface area (Å²) >= 11 is 0. The van der Waals surface area contributed by atoms with Crippen LogP contribution in [0, 0.1) is 17.3 Å². The Morgan fingerprint density at radius 1 is 1.26 bits per heavy atom. The van der Waals surface area contributed by atoms with Crippen LogP contribution in [0.4, 0.5) is 4.79 Å². The van der Waals surface area contributed by atoms with Crippen LogP contribution in [0.25, 0.3) is 0 Å². The van der Waals surface area contributed by atoms with E-state index in [0.29, 0.717) is 23.7 Å². The summed E-state index contributed by atoms with van der Waals surface area (Å²) in [5.74, 6) is 0.978. The maximum Gasteiger partial charge on any atom is 0.478 e. The quantitative estimate of drug-likeness (QED) is 0.757. The van der Waals surface area contributed by atoms with Crippen molar-refractivity contribution in [2.75, 3.05) is 20.0 Å². The van der Waals surface area contributed by atoms with E-state index in [0.717, 1.165) is 6.42 Å². The van der Waals surface area contributed by atoms with Crippen LogP contribution in [0.15, 0.2) is 0 Å². The highest BCUT2D eigenvalue weighted by molar-refractivity contribution is 6.45. The standard InChI is InChI=1S/C19H33BN2O5/c1-17(2,3)25-16(24)21-10-15(23)22(7)11-20-26-14-9-12-8-13(18(12,4)5)19(14,6)27-20/h12-14H,8-11H2,1-7H3,(H,21,24)/t12?,13?,14?,19-/m0/s1. The Labute approximate surface area is 162 Å². The normalized spacial score (nSPS) is 33.7. The molecule has 1 N–H and O–H groups in total. The van der Waals surface area contributed by atoms with Gasteiger partial charge in [-0.1, -0.05) is 13.8 Å². The number of carbonyl (C=O) groups excluding carboxylic acids is 2. The van der Waals surface area contributed by atoms with Crippen LogP contribution in [0.3, 0.4) is 0 Å². The minimum atomic E-state index is -0.599. The molecule has 3 aliphatic carbocycles. The zero-order valence-corrected chi connectivity index (χ0v) is 17.6. The molecule has 3 saturated carbocycles. The van der Waals surface area contributed by atoms with E-state index in [4.69, 9.17) is 14.0 Å². The topological polar surface area (TPSA) is 77.1 Å². The third kappa shape index (κ3) is 3.83. The first kappa shape index (κ1) is 20.5. The molecule has 2 amide bonds. The predicted molar refractivity (Wildman–Crippen MR) is 102 cm³/mol.